The number of para-hydroxylation sites is 2. The van der Waals surface area contributed by atoms with Crippen LogP contribution < -0.4 is 21.7 Å². The van der Waals surface area contributed by atoms with Crippen LogP contribution in [-0.4, -0.2) is 12.5 Å². The van der Waals surface area contributed by atoms with E-state index < -0.39 is 0 Å². The van der Waals surface area contributed by atoms with E-state index in [0.717, 1.165) is 11.4 Å². The molecular formula is C8H10N4O. The fourth-order valence-electron chi connectivity index (χ4n) is 1.28. The van der Waals surface area contributed by atoms with Gasteiger partial charge in [0.15, 0.2) is 0 Å². The molecule has 1 aliphatic heterocycles. The highest BCUT2D eigenvalue weighted by Gasteiger charge is 2.18. The molecular weight excluding hydrogens is 168 g/mol. The molecule has 5 heteroatoms. The summed E-state index contributed by atoms with van der Waals surface area (Å²) >= 11 is 0. The van der Waals surface area contributed by atoms with Crippen molar-refractivity contribution in [1.29, 1.82) is 0 Å². The van der Waals surface area contributed by atoms with Gasteiger partial charge >= 0.3 is 0 Å². The highest BCUT2D eigenvalue weighted by atomic mass is 16.1. The van der Waals surface area contributed by atoms with Gasteiger partial charge in [-0.25, -0.2) is 0 Å². The summed E-state index contributed by atoms with van der Waals surface area (Å²) in [7, 11) is 0. The number of anilines is 2. The lowest BCUT2D eigenvalue weighted by molar-refractivity contribution is -0.116. The number of hydrazine groups is 2. The maximum Gasteiger partial charge on any atom is 0.238 e. The summed E-state index contributed by atoms with van der Waals surface area (Å²) in [4.78, 5) is 10.7. The molecule has 0 saturated heterocycles. The number of carbonyl (C=O) groups excluding carboxylic acids is 1. The topological polar surface area (TPSA) is 70.4 Å². The van der Waals surface area contributed by atoms with Crippen LogP contribution in [0.2, 0.25) is 0 Å². The minimum absolute atomic E-state index is 0.157. The first-order valence-electron chi connectivity index (χ1n) is 3.94. The highest BCUT2D eigenvalue weighted by Crippen LogP contribution is 2.27. The minimum Gasteiger partial charge on any atom is -0.368 e. The maximum atomic E-state index is 10.7. The van der Waals surface area contributed by atoms with Gasteiger partial charge in [-0.15, -0.1) is 5.53 Å². The zero-order valence-electron chi connectivity index (χ0n) is 6.95. The Bertz CT molecular complexity index is 339. The molecule has 2 rings (SSSR count). The Hall–Kier alpha value is -1.75. The van der Waals surface area contributed by atoms with Crippen molar-refractivity contribution in [2.24, 2.45) is 5.73 Å². The molecule has 5 nitrogen and oxygen atoms in total. The van der Waals surface area contributed by atoms with Crippen LogP contribution in [0.15, 0.2) is 24.3 Å². The summed E-state index contributed by atoms with van der Waals surface area (Å²) in [5.41, 5.74) is 12.7. The molecule has 0 fully saturated rings. The molecule has 0 aromatic heterocycles. The van der Waals surface area contributed by atoms with Gasteiger partial charge in [0, 0.05) is 0 Å². The van der Waals surface area contributed by atoms with Crippen molar-refractivity contribution < 1.29 is 4.79 Å². The standard InChI is InChI=1S/C8H10N4O/c9-8(13)5-12-7-4-2-1-3-6(7)10-11-12/h1-4,10-11H,5H2,(H2,9,13). The molecule has 68 valence electrons. The van der Waals surface area contributed by atoms with Gasteiger partial charge < -0.3 is 11.2 Å². The number of hydrogen-bond donors (Lipinski definition) is 3. The first-order valence-corrected chi connectivity index (χ1v) is 3.94. The van der Waals surface area contributed by atoms with E-state index in [9.17, 15) is 4.79 Å². The van der Waals surface area contributed by atoms with Gasteiger partial charge in [-0.1, -0.05) is 12.1 Å². The number of fused-ring (bicyclic) bond motifs is 1. The predicted octanol–water partition coefficient (Wildman–Crippen LogP) is -0.177. The number of amides is 1. The van der Waals surface area contributed by atoms with E-state index in [1.807, 2.05) is 24.3 Å². The monoisotopic (exact) mass is 178 g/mol. The van der Waals surface area contributed by atoms with Crippen molar-refractivity contribution in [3.8, 4) is 0 Å². The molecule has 1 aromatic carbocycles. The van der Waals surface area contributed by atoms with Crippen LogP contribution in [0.1, 0.15) is 0 Å². The molecule has 0 spiro atoms. The van der Waals surface area contributed by atoms with E-state index in [4.69, 9.17) is 5.73 Å². The molecule has 1 amide bonds. The molecule has 1 aromatic rings. The Kier molecular flexibility index (Phi) is 1.79. The molecule has 0 aliphatic carbocycles. The van der Waals surface area contributed by atoms with Gasteiger partial charge in [0.05, 0.1) is 11.4 Å². The summed E-state index contributed by atoms with van der Waals surface area (Å²) in [5.74, 6) is -0.369. The van der Waals surface area contributed by atoms with E-state index in [-0.39, 0.29) is 12.5 Å². The Morgan fingerprint density at radius 2 is 2.23 bits per heavy atom. The summed E-state index contributed by atoms with van der Waals surface area (Å²) < 4.78 is 0. The molecule has 0 saturated carbocycles. The van der Waals surface area contributed by atoms with Gasteiger partial charge in [0.25, 0.3) is 0 Å². The molecule has 13 heavy (non-hydrogen) atoms. The summed E-state index contributed by atoms with van der Waals surface area (Å²) in [6.07, 6.45) is 0. The summed E-state index contributed by atoms with van der Waals surface area (Å²) in [6, 6.07) is 7.65. The molecule has 0 atom stereocenters. The molecule has 0 radical (unpaired) electrons. The second kappa shape index (κ2) is 2.95. The summed E-state index contributed by atoms with van der Waals surface area (Å²) in [6.45, 7) is 0.157. The van der Waals surface area contributed by atoms with Crippen LogP contribution in [0.3, 0.4) is 0 Å². The molecule has 4 N–H and O–H groups in total. The molecule has 0 unspecified atom stereocenters. The first kappa shape index (κ1) is 7.88. The number of rotatable bonds is 2. The lowest BCUT2D eigenvalue weighted by atomic mass is 10.3. The van der Waals surface area contributed by atoms with E-state index >= 15 is 0 Å². The van der Waals surface area contributed by atoms with Crippen molar-refractivity contribution in [2.45, 2.75) is 0 Å². The Morgan fingerprint density at radius 1 is 1.46 bits per heavy atom. The number of nitrogens with one attached hydrogen (secondary N) is 2. The largest absolute Gasteiger partial charge is 0.368 e. The second-order valence-corrected chi connectivity index (χ2v) is 2.81. The quantitative estimate of drug-likeness (QED) is 0.587. The summed E-state index contributed by atoms with van der Waals surface area (Å²) in [5, 5.41) is 1.66. The number of benzene rings is 1. The van der Waals surface area contributed by atoms with Crippen molar-refractivity contribution in [3.63, 3.8) is 0 Å². The Morgan fingerprint density at radius 3 is 3.00 bits per heavy atom. The highest BCUT2D eigenvalue weighted by molar-refractivity contribution is 5.83. The van der Waals surface area contributed by atoms with Crippen LogP contribution >= 0.6 is 0 Å². The van der Waals surface area contributed by atoms with Crippen molar-refractivity contribution >= 4 is 17.3 Å². The number of carbonyl (C=O) groups is 1. The van der Waals surface area contributed by atoms with Crippen molar-refractivity contribution in [1.82, 2.24) is 5.53 Å². The zero-order valence-corrected chi connectivity index (χ0v) is 6.95. The Balaban J connectivity index is 2.23. The van der Waals surface area contributed by atoms with Crippen LogP contribution in [0.4, 0.5) is 11.4 Å². The SMILES string of the molecule is NC(=O)CN1NNc2ccccc21. The zero-order chi connectivity index (χ0) is 9.26. The number of nitrogens with zero attached hydrogens (tertiary/aromatic N) is 1. The number of hydrogen-bond acceptors (Lipinski definition) is 4. The average Bonchev–Trinajstić information content (AvgIpc) is 2.48. The third kappa shape index (κ3) is 1.41. The second-order valence-electron chi connectivity index (χ2n) is 2.81. The average molecular weight is 178 g/mol. The molecule has 1 heterocycles. The van der Waals surface area contributed by atoms with Gasteiger partial charge in [0.1, 0.15) is 6.54 Å². The fraction of sp³-hybridized carbons (Fsp3) is 0.125. The van der Waals surface area contributed by atoms with E-state index in [0.29, 0.717) is 0 Å². The number of primary amides is 1. The third-order valence-corrected chi connectivity index (χ3v) is 1.83. The third-order valence-electron chi connectivity index (χ3n) is 1.83. The maximum absolute atomic E-state index is 10.7. The fourth-order valence-corrected chi connectivity index (χ4v) is 1.28. The van der Waals surface area contributed by atoms with Gasteiger partial charge in [-0.3, -0.25) is 9.80 Å². The van der Waals surface area contributed by atoms with E-state index in [2.05, 4.69) is 11.0 Å². The van der Waals surface area contributed by atoms with E-state index in [1.165, 1.54) is 0 Å². The van der Waals surface area contributed by atoms with Gasteiger partial charge in [-0.05, 0) is 12.1 Å². The molecule has 0 bridgehead atoms. The van der Waals surface area contributed by atoms with E-state index in [1.54, 1.807) is 5.01 Å². The van der Waals surface area contributed by atoms with Gasteiger partial charge in [-0.2, -0.15) is 0 Å². The Labute approximate surface area is 75.5 Å². The lowest BCUT2D eigenvalue weighted by Gasteiger charge is -2.14. The van der Waals surface area contributed by atoms with Crippen LogP contribution in [0.25, 0.3) is 0 Å². The normalized spacial score (nSPS) is 13.7. The van der Waals surface area contributed by atoms with Crippen molar-refractivity contribution in [2.75, 3.05) is 17.0 Å². The number of nitrogens with two attached hydrogens (primary N) is 1. The smallest absolute Gasteiger partial charge is 0.238 e. The van der Waals surface area contributed by atoms with Crippen LogP contribution in [0, 0.1) is 0 Å². The van der Waals surface area contributed by atoms with Crippen LogP contribution in [-0.2, 0) is 4.79 Å². The lowest BCUT2D eigenvalue weighted by Crippen LogP contribution is -2.41. The van der Waals surface area contributed by atoms with Crippen LogP contribution in [0.5, 0.6) is 0 Å². The van der Waals surface area contributed by atoms with Crippen molar-refractivity contribution in [3.05, 3.63) is 24.3 Å². The first-order chi connectivity index (χ1) is 6.27. The minimum atomic E-state index is -0.369. The molecule has 1 aliphatic rings. The van der Waals surface area contributed by atoms with Gasteiger partial charge in [0.2, 0.25) is 5.91 Å². The predicted molar refractivity (Wildman–Crippen MR) is 49.7 cm³/mol.